The van der Waals surface area contributed by atoms with Gasteiger partial charge in [0, 0.05) is 12.5 Å². The highest BCUT2D eigenvalue weighted by Crippen LogP contribution is 2.43. The molecule has 0 spiro atoms. The lowest BCUT2D eigenvalue weighted by Crippen LogP contribution is -2.29. The van der Waals surface area contributed by atoms with Crippen molar-refractivity contribution in [2.75, 3.05) is 0 Å². The Morgan fingerprint density at radius 3 is 2.81 bits per heavy atom. The van der Waals surface area contributed by atoms with Crippen LogP contribution in [0.25, 0.3) is 10.2 Å². The van der Waals surface area contributed by atoms with E-state index in [2.05, 4.69) is 4.98 Å². The largest absolute Gasteiger partial charge is 0.481 e. The van der Waals surface area contributed by atoms with E-state index >= 15 is 0 Å². The zero-order valence-electron chi connectivity index (χ0n) is 11.8. The van der Waals surface area contributed by atoms with Crippen LogP contribution in [0.2, 0.25) is 0 Å². The van der Waals surface area contributed by atoms with Gasteiger partial charge in [-0.2, -0.15) is 0 Å². The molecule has 1 aliphatic rings. The van der Waals surface area contributed by atoms with Gasteiger partial charge in [0.2, 0.25) is 0 Å². The third kappa shape index (κ3) is 3.23. The SMILES string of the molecule is O=C(O)CC1(Cc2nc3cc(F)ccc3s2)CCCCC1. The molecule has 1 heterocycles. The van der Waals surface area contributed by atoms with Gasteiger partial charge in [0.25, 0.3) is 0 Å². The second-order valence-electron chi connectivity index (χ2n) is 6.03. The first-order valence-electron chi connectivity index (χ1n) is 7.33. The highest BCUT2D eigenvalue weighted by atomic mass is 32.1. The lowest BCUT2D eigenvalue weighted by molar-refractivity contribution is -0.140. The highest BCUT2D eigenvalue weighted by molar-refractivity contribution is 7.18. The predicted molar refractivity (Wildman–Crippen MR) is 81.1 cm³/mol. The molecule has 112 valence electrons. The molecule has 0 unspecified atom stereocenters. The summed E-state index contributed by atoms with van der Waals surface area (Å²) in [5, 5.41) is 10.1. The van der Waals surface area contributed by atoms with E-state index in [0.717, 1.165) is 35.4 Å². The Hall–Kier alpha value is -1.49. The van der Waals surface area contributed by atoms with Gasteiger partial charge in [-0.3, -0.25) is 4.79 Å². The van der Waals surface area contributed by atoms with E-state index in [0.29, 0.717) is 11.9 Å². The number of rotatable bonds is 4. The van der Waals surface area contributed by atoms with Crippen LogP contribution in [0.15, 0.2) is 18.2 Å². The third-order valence-electron chi connectivity index (χ3n) is 4.36. The van der Waals surface area contributed by atoms with Crippen LogP contribution < -0.4 is 0 Å². The van der Waals surface area contributed by atoms with Crippen LogP contribution in [0.5, 0.6) is 0 Å². The molecular formula is C16H18FNO2S. The zero-order valence-corrected chi connectivity index (χ0v) is 12.6. The van der Waals surface area contributed by atoms with E-state index in [4.69, 9.17) is 0 Å². The molecule has 0 aliphatic heterocycles. The molecule has 3 nitrogen and oxygen atoms in total. The lowest BCUT2D eigenvalue weighted by atomic mass is 9.70. The van der Waals surface area contributed by atoms with Crippen molar-refractivity contribution < 1.29 is 14.3 Å². The van der Waals surface area contributed by atoms with Gasteiger partial charge in [-0.05, 0) is 30.4 Å². The van der Waals surface area contributed by atoms with Gasteiger partial charge in [0.15, 0.2) is 0 Å². The summed E-state index contributed by atoms with van der Waals surface area (Å²) in [6, 6.07) is 4.63. The summed E-state index contributed by atoms with van der Waals surface area (Å²) in [5.41, 5.74) is 0.507. The summed E-state index contributed by atoms with van der Waals surface area (Å²) in [6.07, 6.45) is 6.16. The third-order valence-corrected chi connectivity index (χ3v) is 5.40. The summed E-state index contributed by atoms with van der Waals surface area (Å²) >= 11 is 1.55. The molecule has 1 fully saturated rings. The van der Waals surface area contributed by atoms with E-state index in [1.165, 1.54) is 18.6 Å². The number of carboxylic acids is 1. The fraction of sp³-hybridized carbons (Fsp3) is 0.500. The topological polar surface area (TPSA) is 50.2 Å². The van der Waals surface area contributed by atoms with Crippen molar-refractivity contribution in [1.82, 2.24) is 4.98 Å². The maximum absolute atomic E-state index is 13.2. The zero-order chi connectivity index (χ0) is 14.9. The molecule has 1 N–H and O–H groups in total. The lowest BCUT2D eigenvalue weighted by Gasteiger charge is -2.35. The van der Waals surface area contributed by atoms with Crippen molar-refractivity contribution in [3.05, 3.63) is 29.0 Å². The molecule has 1 aliphatic carbocycles. The molecule has 1 saturated carbocycles. The van der Waals surface area contributed by atoms with Gasteiger partial charge < -0.3 is 5.11 Å². The van der Waals surface area contributed by atoms with E-state index in [-0.39, 0.29) is 17.7 Å². The second kappa shape index (κ2) is 5.72. The number of benzene rings is 1. The Morgan fingerprint density at radius 1 is 1.33 bits per heavy atom. The number of aromatic nitrogens is 1. The normalized spacial score (nSPS) is 18.0. The van der Waals surface area contributed by atoms with Crippen LogP contribution in [0.1, 0.15) is 43.5 Å². The number of fused-ring (bicyclic) bond motifs is 1. The Balaban J connectivity index is 1.88. The molecule has 1 aromatic carbocycles. The Labute approximate surface area is 126 Å². The summed E-state index contributed by atoms with van der Waals surface area (Å²) in [7, 11) is 0. The monoisotopic (exact) mass is 307 g/mol. The molecule has 21 heavy (non-hydrogen) atoms. The molecule has 2 aromatic rings. The van der Waals surface area contributed by atoms with Crippen LogP contribution in [-0.4, -0.2) is 16.1 Å². The average Bonchev–Trinajstić information content (AvgIpc) is 2.79. The van der Waals surface area contributed by atoms with Crippen LogP contribution in [-0.2, 0) is 11.2 Å². The molecule has 0 radical (unpaired) electrons. The van der Waals surface area contributed by atoms with Crippen molar-refractivity contribution in [3.63, 3.8) is 0 Å². The van der Waals surface area contributed by atoms with Gasteiger partial charge >= 0.3 is 5.97 Å². The Morgan fingerprint density at radius 2 is 2.10 bits per heavy atom. The number of hydrogen-bond donors (Lipinski definition) is 1. The molecule has 1 aromatic heterocycles. The number of thiazole rings is 1. The predicted octanol–water partition coefficient (Wildman–Crippen LogP) is 4.40. The van der Waals surface area contributed by atoms with Gasteiger partial charge in [0.1, 0.15) is 5.82 Å². The Bertz CT molecular complexity index is 661. The number of carboxylic acid groups (broad SMARTS) is 1. The molecule has 5 heteroatoms. The van der Waals surface area contributed by atoms with Crippen LogP contribution in [0, 0.1) is 11.2 Å². The number of nitrogens with zero attached hydrogens (tertiary/aromatic N) is 1. The van der Waals surface area contributed by atoms with Crippen molar-refractivity contribution in [2.45, 2.75) is 44.9 Å². The molecule has 0 bridgehead atoms. The van der Waals surface area contributed by atoms with Gasteiger partial charge in [-0.1, -0.05) is 19.3 Å². The Kier molecular flexibility index (Phi) is 3.93. The van der Waals surface area contributed by atoms with Gasteiger partial charge in [0.05, 0.1) is 21.6 Å². The van der Waals surface area contributed by atoms with E-state index in [1.807, 2.05) is 0 Å². The van der Waals surface area contributed by atoms with Crippen LogP contribution in [0.4, 0.5) is 4.39 Å². The number of carbonyl (C=O) groups is 1. The molecule has 0 atom stereocenters. The summed E-state index contributed by atoms with van der Waals surface area (Å²) < 4.78 is 14.2. The summed E-state index contributed by atoms with van der Waals surface area (Å²) in [6.45, 7) is 0. The quantitative estimate of drug-likeness (QED) is 0.910. The van der Waals surface area contributed by atoms with Crippen LogP contribution >= 0.6 is 11.3 Å². The minimum atomic E-state index is -0.732. The standard InChI is InChI=1S/C16H18FNO2S/c17-11-4-5-13-12(8-11)18-14(21-13)9-16(10-15(19)20)6-2-1-3-7-16/h4-5,8H,1-3,6-7,9-10H2,(H,19,20). The minimum absolute atomic E-state index is 0.170. The fourth-order valence-electron chi connectivity index (χ4n) is 3.38. The first kappa shape index (κ1) is 14.4. The molecular weight excluding hydrogens is 289 g/mol. The smallest absolute Gasteiger partial charge is 0.303 e. The summed E-state index contributed by atoms with van der Waals surface area (Å²) in [4.78, 5) is 15.7. The van der Waals surface area contributed by atoms with Gasteiger partial charge in [-0.15, -0.1) is 11.3 Å². The van der Waals surface area contributed by atoms with Crippen LogP contribution in [0.3, 0.4) is 0 Å². The minimum Gasteiger partial charge on any atom is -0.481 e. The molecule has 0 amide bonds. The second-order valence-corrected chi connectivity index (χ2v) is 7.14. The van der Waals surface area contributed by atoms with E-state index in [1.54, 1.807) is 17.4 Å². The number of aliphatic carboxylic acids is 1. The maximum Gasteiger partial charge on any atom is 0.303 e. The first-order chi connectivity index (χ1) is 10.1. The van der Waals surface area contributed by atoms with Crippen molar-refractivity contribution in [1.29, 1.82) is 0 Å². The van der Waals surface area contributed by atoms with E-state index < -0.39 is 5.97 Å². The number of halogens is 1. The molecule has 3 rings (SSSR count). The maximum atomic E-state index is 13.2. The molecule has 0 saturated heterocycles. The highest BCUT2D eigenvalue weighted by Gasteiger charge is 2.35. The summed E-state index contributed by atoms with van der Waals surface area (Å²) in [5.74, 6) is -1.01. The van der Waals surface area contributed by atoms with Crippen molar-refractivity contribution in [3.8, 4) is 0 Å². The van der Waals surface area contributed by atoms with Gasteiger partial charge in [-0.25, -0.2) is 9.37 Å². The fourth-order valence-corrected chi connectivity index (χ4v) is 4.50. The first-order valence-corrected chi connectivity index (χ1v) is 8.15. The number of hydrogen-bond acceptors (Lipinski definition) is 3. The van der Waals surface area contributed by atoms with Crippen molar-refractivity contribution in [2.24, 2.45) is 5.41 Å². The average molecular weight is 307 g/mol. The van der Waals surface area contributed by atoms with E-state index in [9.17, 15) is 14.3 Å². The van der Waals surface area contributed by atoms with Crippen molar-refractivity contribution >= 4 is 27.5 Å².